The SMILES string of the molecule is OC(c1cc2ccccc2o1)c1cc2ccccc2s1. The molecule has 20 heavy (non-hydrogen) atoms. The van der Waals surface area contributed by atoms with Gasteiger partial charge in [-0.2, -0.15) is 0 Å². The first-order chi connectivity index (χ1) is 9.81. The second-order valence-electron chi connectivity index (χ2n) is 4.78. The van der Waals surface area contributed by atoms with Gasteiger partial charge in [-0.3, -0.25) is 0 Å². The zero-order valence-electron chi connectivity index (χ0n) is 10.6. The van der Waals surface area contributed by atoms with Crippen molar-refractivity contribution in [2.45, 2.75) is 6.10 Å². The van der Waals surface area contributed by atoms with Crippen LogP contribution >= 0.6 is 11.3 Å². The van der Waals surface area contributed by atoms with Gasteiger partial charge in [0.1, 0.15) is 17.4 Å². The van der Waals surface area contributed by atoms with E-state index in [0.29, 0.717) is 5.76 Å². The van der Waals surface area contributed by atoms with Crippen LogP contribution in [0.1, 0.15) is 16.7 Å². The van der Waals surface area contributed by atoms with Crippen molar-refractivity contribution in [2.24, 2.45) is 0 Å². The van der Waals surface area contributed by atoms with Crippen LogP contribution < -0.4 is 0 Å². The molecule has 0 aliphatic heterocycles. The van der Waals surface area contributed by atoms with Crippen LogP contribution in [0.5, 0.6) is 0 Å². The molecule has 0 aliphatic rings. The van der Waals surface area contributed by atoms with Gasteiger partial charge in [0.15, 0.2) is 0 Å². The summed E-state index contributed by atoms with van der Waals surface area (Å²) in [5.74, 6) is 0.595. The number of rotatable bonds is 2. The molecule has 98 valence electrons. The van der Waals surface area contributed by atoms with Crippen LogP contribution in [0.3, 0.4) is 0 Å². The van der Waals surface area contributed by atoms with Crippen molar-refractivity contribution in [1.29, 1.82) is 0 Å². The third-order valence-electron chi connectivity index (χ3n) is 3.43. The fourth-order valence-corrected chi connectivity index (χ4v) is 3.47. The quantitative estimate of drug-likeness (QED) is 0.576. The van der Waals surface area contributed by atoms with Gasteiger partial charge in [0.05, 0.1) is 0 Å². The first-order valence-corrected chi connectivity index (χ1v) is 7.28. The number of para-hydroxylation sites is 1. The van der Waals surface area contributed by atoms with Crippen molar-refractivity contribution >= 4 is 32.4 Å². The first kappa shape index (κ1) is 11.7. The van der Waals surface area contributed by atoms with Gasteiger partial charge in [-0.1, -0.05) is 36.4 Å². The van der Waals surface area contributed by atoms with Gasteiger partial charge >= 0.3 is 0 Å². The molecule has 0 radical (unpaired) electrons. The molecule has 0 bridgehead atoms. The molecule has 4 rings (SSSR count). The van der Waals surface area contributed by atoms with Crippen LogP contribution in [0.2, 0.25) is 0 Å². The number of hydrogen-bond donors (Lipinski definition) is 1. The molecule has 0 spiro atoms. The Morgan fingerprint density at radius 3 is 2.45 bits per heavy atom. The minimum atomic E-state index is -0.709. The lowest BCUT2D eigenvalue weighted by molar-refractivity contribution is 0.196. The van der Waals surface area contributed by atoms with E-state index in [2.05, 4.69) is 12.1 Å². The molecule has 0 amide bonds. The normalized spacial score (nSPS) is 13.1. The van der Waals surface area contributed by atoms with Gasteiger partial charge in [0.2, 0.25) is 0 Å². The van der Waals surface area contributed by atoms with Gasteiger partial charge in [0, 0.05) is 15.0 Å². The molecule has 0 fully saturated rings. The molecule has 2 aromatic carbocycles. The predicted molar refractivity (Wildman–Crippen MR) is 82.1 cm³/mol. The van der Waals surface area contributed by atoms with Gasteiger partial charge in [-0.15, -0.1) is 11.3 Å². The van der Waals surface area contributed by atoms with Crippen LogP contribution in [0.25, 0.3) is 21.1 Å². The minimum absolute atomic E-state index is 0.595. The highest BCUT2D eigenvalue weighted by Crippen LogP contribution is 2.34. The van der Waals surface area contributed by atoms with E-state index in [1.165, 1.54) is 4.70 Å². The molecule has 0 saturated heterocycles. The minimum Gasteiger partial charge on any atom is -0.458 e. The van der Waals surface area contributed by atoms with Crippen LogP contribution in [0.15, 0.2) is 65.1 Å². The van der Waals surface area contributed by atoms with E-state index in [4.69, 9.17) is 4.42 Å². The van der Waals surface area contributed by atoms with Crippen LogP contribution in [0, 0.1) is 0 Å². The Hall–Kier alpha value is -2.10. The number of aliphatic hydroxyl groups excluding tert-OH is 1. The van der Waals surface area contributed by atoms with Gasteiger partial charge < -0.3 is 9.52 Å². The topological polar surface area (TPSA) is 33.4 Å². The smallest absolute Gasteiger partial charge is 0.146 e. The summed E-state index contributed by atoms with van der Waals surface area (Å²) in [6.07, 6.45) is -0.709. The van der Waals surface area contributed by atoms with Crippen molar-refractivity contribution in [3.63, 3.8) is 0 Å². The molecular formula is C17H12O2S. The maximum atomic E-state index is 10.5. The average molecular weight is 280 g/mol. The van der Waals surface area contributed by atoms with Gasteiger partial charge in [-0.05, 0) is 29.7 Å². The number of furan rings is 1. The Kier molecular flexibility index (Phi) is 2.62. The Labute approximate surface area is 119 Å². The zero-order valence-corrected chi connectivity index (χ0v) is 11.4. The molecule has 0 aliphatic carbocycles. The fraction of sp³-hybridized carbons (Fsp3) is 0.0588. The largest absolute Gasteiger partial charge is 0.458 e. The summed E-state index contributed by atoms with van der Waals surface area (Å²) in [7, 11) is 0. The van der Waals surface area contributed by atoms with Crippen molar-refractivity contribution in [3.8, 4) is 0 Å². The van der Waals surface area contributed by atoms with E-state index in [-0.39, 0.29) is 0 Å². The number of aliphatic hydroxyl groups is 1. The summed E-state index contributed by atoms with van der Waals surface area (Å²) in [4.78, 5) is 0.908. The summed E-state index contributed by atoms with van der Waals surface area (Å²) in [5.41, 5.74) is 0.808. The average Bonchev–Trinajstić information content (AvgIpc) is 3.10. The highest BCUT2D eigenvalue weighted by atomic mass is 32.1. The second-order valence-corrected chi connectivity index (χ2v) is 5.89. The Balaban J connectivity index is 1.80. The highest BCUT2D eigenvalue weighted by molar-refractivity contribution is 7.19. The Morgan fingerprint density at radius 2 is 1.65 bits per heavy atom. The lowest BCUT2D eigenvalue weighted by atomic mass is 10.2. The molecule has 2 aromatic heterocycles. The second kappa shape index (κ2) is 4.47. The molecule has 1 atom stereocenters. The maximum Gasteiger partial charge on any atom is 0.146 e. The summed E-state index contributed by atoms with van der Waals surface area (Å²) in [6.45, 7) is 0. The van der Waals surface area contributed by atoms with Crippen LogP contribution in [-0.2, 0) is 0 Å². The molecular weight excluding hydrogens is 268 g/mol. The lowest BCUT2D eigenvalue weighted by Gasteiger charge is -2.03. The van der Waals surface area contributed by atoms with E-state index < -0.39 is 6.10 Å². The third-order valence-corrected chi connectivity index (χ3v) is 4.60. The van der Waals surface area contributed by atoms with E-state index >= 15 is 0 Å². The number of hydrogen-bond acceptors (Lipinski definition) is 3. The van der Waals surface area contributed by atoms with E-state index in [9.17, 15) is 5.11 Å². The standard InChI is InChI=1S/C17H12O2S/c18-17(14-9-11-5-1-3-7-13(11)19-14)16-10-12-6-2-4-8-15(12)20-16/h1-10,17-18H. The van der Waals surface area contributed by atoms with Crippen molar-refractivity contribution in [2.75, 3.05) is 0 Å². The first-order valence-electron chi connectivity index (χ1n) is 6.46. The third kappa shape index (κ3) is 1.83. The Morgan fingerprint density at radius 1 is 0.900 bits per heavy atom. The van der Waals surface area contributed by atoms with E-state index in [1.807, 2.05) is 48.5 Å². The molecule has 1 unspecified atom stereocenters. The maximum absolute atomic E-state index is 10.5. The lowest BCUT2D eigenvalue weighted by Crippen LogP contribution is -1.93. The fourth-order valence-electron chi connectivity index (χ4n) is 2.41. The number of benzene rings is 2. The van der Waals surface area contributed by atoms with Crippen molar-refractivity contribution in [3.05, 3.63) is 71.3 Å². The van der Waals surface area contributed by atoms with Gasteiger partial charge in [0.25, 0.3) is 0 Å². The molecule has 2 nitrogen and oxygen atoms in total. The molecule has 1 N–H and O–H groups in total. The molecule has 0 saturated carbocycles. The highest BCUT2D eigenvalue weighted by Gasteiger charge is 2.17. The zero-order chi connectivity index (χ0) is 13.5. The van der Waals surface area contributed by atoms with E-state index in [0.717, 1.165) is 21.2 Å². The predicted octanol–water partition coefficient (Wildman–Crippen LogP) is 4.73. The molecule has 2 heterocycles. The monoisotopic (exact) mass is 280 g/mol. The molecule has 4 aromatic rings. The summed E-state index contributed by atoms with van der Waals surface area (Å²) in [5, 5.41) is 12.7. The van der Waals surface area contributed by atoms with Gasteiger partial charge in [-0.25, -0.2) is 0 Å². The Bertz CT molecular complexity index is 748. The summed E-state index contributed by atoms with van der Waals surface area (Å²) >= 11 is 1.60. The number of fused-ring (bicyclic) bond motifs is 2. The number of thiophene rings is 1. The van der Waals surface area contributed by atoms with Crippen LogP contribution in [-0.4, -0.2) is 5.11 Å². The summed E-state index contributed by atoms with van der Waals surface area (Å²) in [6, 6.07) is 19.9. The van der Waals surface area contributed by atoms with Crippen molar-refractivity contribution < 1.29 is 9.52 Å². The van der Waals surface area contributed by atoms with Crippen LogP contribution in [0.4, 0.5) is 0 Å². The van der Waals surface area contributed by atoms with Crippen molar-refractivity contribution in [1.82, 2.24) is 0 Å². The molecule has 3 heteroatoms. The summed E-state index contributed by atoms with van der Waals surface area (Å²) < 4.78 is 6.92. The van der Waals surface area contributed by atoms with E-state index in [1.54, 1.807) is 11.3 Å².